The van der Waals surface area contributed by atoms with Crippen LogP contribution in [-0.2, 0) is 35.4 Å². The second-order valence-electron chi connectivity index (χ2n) is 6.62. The van der Waals surface area contributed by atoms with Crippen LogP contribution in [0.5, 0.6) is 5.75 Å². The molecule has 1 N–H and O–H groups in total. The third-order valence-electron chi connectivity index (χ3n) is 4.50. The Morgan fingerprint density at radius 1 is 0.897 bits per heavy atom. The van der Waals surface area contributed by atoms with Crippen molar-refractivity contribution >= 4 is 11.7 Å². The number of carbonyl (C=O) groups excluding carboxylic acids is 2. The SMILES string of the molecule is COc1ccc(CNC(=O)C(=O)Cc2cc(CCc3ccccc3)ncn2)cc1. The first-order valence-electron chi connectivity index (χ1n) is 9.41. The number of ketones is 1. The topological polar surface area (TPSA) is 81.2 Å². The molecule has 0 saturated carbocycles. The van der Waals surface area contributed by atoms with Crippen molar-refractivity contribution in [1.82, 2.24) is 15.3 Å². The van der Waals surface area contributed by atoms with Crippen molar-refractivity contribution in [3.05, 3.63) is 89.5 Å². The zero-order chi connectivity index (χ0) is 20.5. The molecule has 1 amide bonds. The van der Waals surface area contributed by atoms with Gasteiger partial charge in [0.2, 0.25) is 5.78 Å². The van der Waals surface area contributed by atoms with Crippen molar-refractivity contribution in [2.75, 3.05) is 7.11 Å². The summed E-state index contributed by atoms with van der Waals surface area (Å²) in [5.41, 5.74) is 3.51. The minimum atomic E-state index is -0.620. The van der Waals surface area contributed by atoms with Crippen molar-refractivity contribution in [1.29, 1.82) is 0 Å². The lowest BCUT2D eigenvalue weighted by atomic mass is 10.1. The lowest BCUT2D eigenvalue weighted by molar-refractivity contribution is -0.137. The summed E-state index contributed by atoms with van der Waals surface area (Å²) in [6.07, 6.45) is 3.00. The molecule has 0 aliphatic rings. The predicted octanol–water partition coefficient (Wildman–Crippen LogP) is 2.70. The minimum absolute atomic E-state index is 0.0463. The number of nitrogens with zero attached hydrogens (tertiary/aromatic N) is 2. The van der Waals surface area contributed by atoms with Crippen molar-refractivity contribution < 1.29 is 14.3 Å². The second kappa shape index (κ2) is 10.1. The van der Waals surface area contributed by atoms with Gasteiger partial charge in [-0.1, -0.05) is 42.5 Å². The molecule has 148 valence electrons. The molecule has 0 saturated heterocycles. The number of rotatable bonds is 9. The Bertz CT molecular complexity index is 957. The smallest absolute Gasteiger partial charge is 0.288 e. The Morgan fingerprint density at radius 3 is 2.34 bits per heavy atom. The molecule has 2 aromatic carbocycles. The van der Waals surface area contributed by atoms with E-state index < -0.39 is 11.7 Å². The average Bonchev–Trinajstić information content (AvgIpc) is 2.77. The molecular formula is C23H23N3O3. The summed E-state index contributed by atoms with van der Waals surface area (Å²) in [6.45, 7) is 0.278. The molecule has 3 aromatic rings. The van der Waals surface area contributed by atoms with Crippen LogP contribution >= 0.6 is 0 Å². The van der Waals surface area contributed by atoms with Gasteiger partial charge >= 0.3 is 0 Å². The van der Waals surface area contributed by atoms with E-state index in [1.807, 2.05) is 30.3 Å². The Hall–Kier alpha value is -3.54. The van der Waals surface area contributed by atoms with Crippen molar-refractivity contribution in [2.45, 2.75) is 25.8 Å². The van der Waals surface area contributed by atoms with Gasteiger partial charge in [-0.25, -0.2) is 9.97 Å². The van der Waals surface area contributed by atoms with E-state index in [0.717, 1.165) is 29.8 Å². The monoisotopic (exact) mass is 389 g/mol. The van der Waals surface area contributed by atoms with Gasteiger partial charge in [-0.3, -0.25) is 9.59 Å². The van der Waals surface area contributed by atoms with Crippen LogP contribution in [-0.4, -0.2) is 28.8 Å². The van der Waals surface area contributed by atoms with Gasteiger partial charge in [0.25, 0.3) is 5.91 Å². The number of aryl methyl sites for hydroxylation is 2. The van der Waals surface area contributed by atoms with Crippen LogP contribution in [0, 0.1) is 0 Å². The van der Waals surface area contributed by atoms with Crippen LogP contribution in [0.2, 0.25) is 0 Å². The summed E-state index contributed by atoms with van der Waals surface area (Å²) in [6, 6.07) is 19.2. The largest absolute Gasteiger partial charge is 0.497 e. The number of hydrogen-bond donors (Lipinski definition) is 1. The molecule has 29 heavy (non-hydrogen) atoms. The highest BCUT2D eigenvalue weighted by Gasteiger charge is 2.15. The van der Waals surface area contributed by atoms with Gasteiger partial charge in [0.15, 0.2) is 0 Å². The maximum atomic E-state index is 12.2. The molecule has 1 aromatic heterocycles. The fourth-order valence-corrected chi connectivity index (χ4v) is 2.86. The van der Waals surface area contributed by atoms with Crippen molar-refractivity contribution in [3.63, 3.8) is 0 Å². The van der Waals surface area contributed by atoms with Crippen LogP contribution in [0.4, 0.5) is 0 Å². The summed E-state index contributed by atoms with van der Waals surface area (Å²) in [4.78, 5) is 32.7. The second-order valence-corrected chi connectivity index (χ2v) is 6.62. The first-order valence-corrected chi connectivity index (χ1v) is 9.41. The lowest BCUT2D eigenvalue weighted by Crippen LogP contribution is -2.31. The molecule has 0 aliphatic carbocycles. The average molecular weight is 389 g/mol. The van der Waals surface area contributed by atoms with Gasteiger partial charge in [-0.15, -0.1) is 0 Å². The fourth-order valence-electron chi connectivity index (χ4n) is 2.86. The van der Waals surface area contributed by atoms with Crippen LogP contribution in [0.1, 0.15) is 22.5 Å². The minimum Gasteiger partial charge on any atom is -0.497 e. The van der Waals surface area contributed by atoms with Crippen molar-refractivity contribution in [3.8, 4) is 5.75 Å². The summed E-state index contributed by atoms with van der Waals surface area (Å²) in [5.74, 6) is -0.403. The molecule has 0 bridgehead atoms. The first kappa shape index (κ1) is 20.2. The maximum Gasteiger partial charge on any atom is 0.288 e. The third-order valence-corrected chi connectivity index (χ3v) is 4.50. The molecule has 3 rings (SSSR count). The Balaban J connectivity index is 1.50. The zero-order valence-electron chi connectivity index (χ0n) is 16.3. The van der Waals surface area contributed by atoms with Gasteiger partial charge in [-0.2, -0.15) is 0 Å². The van der Waals surface area contributed by atoms with Crippen LogP contribution in [0.25, 0.3) is 0 Å². The van der Waals surface area contributed by atoms with Crippen LogP contribution in [0.15, 0.2) is 67.0 Å². The molecule has 0 spiro atoms. The fraction of sp³-hybridized carbons (Fsp3) is 0.217. The van der Waals surface area contributed by atoms with Gasteiger partial charge in [0, 0.05) is 12.2 Å². The number of carbonyl (C=O) groups is 2. The van der Waals surface area contributed by atoms with E-state index in [9.17, 15) is 9.59 Å². The summed E-state index contributed by atoms with van der Waals surface area (Å²) < 4.78 is 5.10. The van der Waals surface area contributed by atoms with E-state index in [-0.39, 0.29) is 13.0 Å². The van der Waals surface area contributed by atoms with E-state index in [2.05, 4.69) is 27.4 Å². The standard InChI is InChI=1S/C23H23N3O3/c1-29-21-11-8-18(9-12-21)15-24-23(28)22(27)14-20-13-19(25-16-26-20)10-7-17-5-3-2-4-6-17/h2-6,8-9,11-13,16H,7,10,14-15H2,1H3,(H,24,28). The lowest BCUT2D eigenvalue weighted by Gasteiger charge is -2.06. The number of methoxy groups -OCH3 is 1. The van der Waals surface area contributed by atoms with Crippen LogP contribution < -0.4 is 10.1 Å². The molecule has 1 heterocycles. The normalized spacial score (nSPS) is 10.4. The van der Waals surface area contributed by atoms with Gasteiger partial charge in [-0.05, 0) is 42.2 Å². The zero-order valence-corrected chi connectivity index (χ0v) is 16.3. The number of hydrogen-bond acceptors (Lipinski definition) is 5. The quantitative estimate of drug-likeness (QED) is 0.569. The van der Waals surface area contributed by atoms with E-state index in [0.29, 0.717) is 5.69 Å². The number of ether oxygens (including phenoxy) is 1. The molecule has 0 atom stereocenters. The summed E-state index contributed by atoms with van der Waals surface area (Å²) >= 11 is 0. The van der Waals surface area contributed by atoms with E-state index >= 15 is 0 Å². The van der Waals surface area contributed by atoms with E-state index in [4.69, 9.17) is 4.74 Å². The number of nitrogens with one attached hydrogen (secondary N) is 1. The van der Waals surface area contributed by atoms with Crippen molar-refractivity contribution in [2.24, 2.45) is 0 Å². The summed E-state index contributed by atoms with van der Waals surface area (Å²) in [7, 11) is 1.59. The van der Waals surface area contributed by atoms with E-state index in [1.54, 1.807) is 25.3 Å². The number of benzene rings is 2. The number of Topliss-reactive ketones (excluding diaryl/α,β-unsaturated/α-hetero) is 1. The third kappa shape index (κ3) is 6.24. The summed E-state index contributed by atoms with van der Waals surface area (Å²) in [5, 5.41) is 2.65. The van der Waals surface area contributed by atoms with Gasteiger partial charge in [0.05, 0.1) is 19.2 Å². The van der Waals surface area contributed by atoms with Gasteiger partial charge < -0.3 is 10.1 Å². The molecule has 6 heteroatoms. The molecule has 0 radical (unpaired) electrons. The molecular weight excluding hydrogens is 366 g/mol. The number of aromatic nitrogens is 2. The molecule has 6 nitrogen and oxygen atoms in total. The predicted molar refractivity (Wildman–Crippen MR) is 109 cm³/mol. The molecule has 0 fully saturated rings. The van der Waals surface area contributed by atoms with Gasteiger partial charge in [0.1, 0.15) is 12.1 Å². The van der Waals surface area contributed by atoms with Crippen LogP contribution in [0.3, 0.4) is 0 Å². The maximum absolute atomic E-state index is 12.2. The Kier molecular flexibility index (Phi) is 7.05. The first-order chi connectivity index (χ1) is 14.1. The number of amides is 1. The Labute approximate surface area is 170 Å². The highest BCUT2D eigenvalue weighted by molar-refractivity contribution is 6.36. The molecule has 0 unspecified atom stereocenters. The highest BCUT2D eigenvalue weighted by Crippen LogP contribution is 2.11. The Morgan fingerprint density at radius 2 is 1.62 bits per heavy atom. The van der Waals surface area contributed by atoms with E-state index in [1.165, 1.54) is 11.9 Å². The molecule has 0 aliphatic heterocycles. The highest BCUT2D eigenvalue weighted by atomic mass is 16.5.